The zero-order valence-electron chi connectivity index (χ0n) is 14.5. The second-order valence-electron chi connectivity index (χ2n) is 5.70. The van der Waals surface area contributed by atoms with Crippen LogP contribution < -0.4 is 10.2 Å². The van der Waals surface area contributed by atoms with Crippen molar-refractivity contribution < 1.29 is 14.3 Å². The predicted octanol–water partition coefficient (Wildman–Crippen LogP) is 1.39. The summed E-state index contributed by atoms with van der Waals surface area (Å²) in [6.07, 6.45) is 0.818. The third-order valence-corrected chi connectivity index (χ3v) is 4.12. The van der Waals surface area contributed by atoms with E-state index in [1.165, 1.54) is 7.11 Å². The standard InChI is InChI=1S/C18H25N3O3/c1-4-21-13-15(16(24-3)18(21)23)17(22)19-11-8-12-20(2)14-9-6-5-7-10-14/h5-7,9-10H,4,8,11-13H2,1-3H3,(H,19,22). The van der Waals surface area contributed by atoms with Crippen molar-refractivity contribution in [3.05, 3.63) is 41.7 Å². The number of hydrogen-bond acceptors (Lipinski definition) is 4. The quantitative estimate of drug-likeness (QED) is 0.731. The number of nitrogens with zero attached hydrogens (tertiary/aromatic N) is 2. The number of likely N-dealkylation sites (N-methyl/N-ethyl adjacent to an activating group) is 1. The lowest BCUT2D eigenvalue weighted by atomic mass is 10.2. The van der Waals surface area contributed by atoms with Crippen LogP contribution in [0.2, 0.25) is 0 Å². The average Bonchev–Trinajstić information content (AvgIpc) is 2.94. The van der Waals surface area contributed by atoms with Gasteiger partial charge >= 0.3 is 0 Å². The van der Waals surface area contributed by atoms with Gasteiger partial charge in [0, 0.05) is 32.4 Å². The van der Waals surface area contributed by atoms with Crippen LogP contribution in [0.3, 0.4) is 0 Å². The second-order valence-corrected chi connectivity index (χ2v) is 5.70. The van der Waals surface area contributed by atoms with Crippen molar-refractivity contribution >= 4 is 17.5 Å². The maximum Gasteiger partial charge on any atom is 0.289 e. The Balaban J connectivity index is 1.81. The number of ether oxygens (including phenoxy) is 1. The van der Waals surface area contributed by atoms with Crippen LogP contribution in [0.25, 0.3) is 0 Å². The first-order valence-electron chi connectivity index (χ1n) is 8.19. The summed E-state index contributed by atoms with van der Waals surface area (Å²) in [6, 6.07) is 10.1. The normalized spacial score (nSPS) is 14.1. The molecule has 0 saturated carbocycles. The molecule has 0 fully saturated rings. The third kappa shape index (κ3) is 4.07. The van der Waals surface area contributed by atoms with Crippen LogP contribution >= 0.6 is 0 Å². The molecular weight excluding hydrogens is 306 g/mol. The van der Waals surface area contributed by atoms with E-state index >= 15 is 0 Å². The van der Waals surface area contributed by atoms with E-state index in [4.69, 9.17) is 4.74 Å². The molecule has 2 rings (SSSR count). The van der Waals surface area contributed by atoms with Gasteiger partial charge in [-0.3, -0.25) is 9.59 Å². The van der Waals surface area contributed by atoms with Crippen LogP contribution in [0.4, 0.5) is 5.69 Å². The fourth-order valence-electron chi connectivity index (χ4n) is 2.68. The van der Waals surface area contributed by atoms with Gasteiger partial charge in [0.15, 0.2) is 5.76 Å². The molecule has 0 aliphatic carbocycles. The van der Waals surface area contributed by atoms with Crippen LogP contribution in [-0.4, -0.2) is 57.1 Å². The molecule has 1 aromatic carbocycles. The maximum absolute atomic E-state index is 12.3. The zero-order valence-corrected chi connectivity index (χ0v) is 14.5. The lowest BCUT2D eigenvalue weighted by molar-refractivity contribution is -0.128. The highest BCUT2D eigenvalue weighted by atomic mass is 16.5. The van der Waals surface area contributed by atoms with Crippen LogP contribution in [-0.2, 0) is 14.3 Å². The molecule has 130 valence electrons. The maximum atomic E-state index is 12.3. The number of amides is 2. The molecule has 24 heavy (non-hydrogen) atoms. The van der Waals surface area contributed by atoms with Crippen molar-refractivity contribution in [3.8, 4) is 0 Å². The van der Waals surface area contributed by atoms with E-state index in [1.54, 1.807) is 4.90 Å². The summed E-state index contributed by atoms with van der Waals surface area (Å²) in [5.74, 6) is -0.275. The van der Waals surface area contributed by atoms with Gasteiger partial charge in [0.25, 0.3) is 11.8 Å². The number of anilines is 1. The van der Waals surface area contributed by atoms with Gasteiger partial charge in [0.05, 0.1) is 19.2 Å². The van der Waals surface area contributed by atoms with Crippen molar-refractivity contribution in [3.63, 3.8) is 0 Å². The first-order chi connectivity index (χ1) is 11.6. The molecule has 6 nitrogen and oxygen atoms in total. The fourth-order valence-corrected chi connectivity index (χ4v) is 2.68. The molecule has 0 radical (unpaired) electrons. The van der Waals surface area contributed by atoms with Gasteiger partial charge < -0.3 is 19.9 Å². The molecule has 1 aromatic rings. The molecule has 1 heterocycles. The fraction of sp³-hybridized carbons (Fsp3) is 0.444. The van der Waals surface area contributed by atoms with Crippen molar-refractivity contribution in [2.45, 2.75) is 13.3 Å². The molecule has 1 aliphatic rings. The molecule has 0 unspecified atom stereocenters. The monoisotopic (exact) mass is 331 g/mol. The largest absolute Gasteiger partial charge is 0.491 e. The Bertz CT molecular complexity index is 613. The Kier molecular flexibility index (Phi) is 6.23. The van der Waals surface area contributed by atoms with Crippen LogP contribution in [0.15, 0.2) is 41.7 Å². The first kappa shape index (κ1) is 17.8. The van der Waals surface area contributed by atoms with Gasteiger partial charge in [-0.15, -0.1) is 0 Å². The molecule has 0 atom stereocenters. The molecule has 1 aliphatic heterocycles. The number of methoxy groups -OCH3 is 1. The number of hydrogen-bond donors (Lipinski definition) is 1. The number of benzene rings is 1. The molecule has 0 saturated heterocycles. The Morgan fingerprint density at radius 3 is 2.67 bits per heavy atom. The van der Waals surface area contributed by atoms with E-state index in [-0.39, 0.29) is 17.6 Å². The molecule has 6 heteroatoms. The summed E-state index contributed by atoms with van der Waals surface area (Å²) in [5.41, 5.74) is 1.56. The van der Waals surface area contributed by atoms with Gasteiger partial charge in [-0.1, -0.05) is 18.2 Å². The first-order valence-corrected chi connectivity index (χ1v) is 8.19. The highest BCUT2D eigenvalue weighted by Gasteiger charge is 2.33. The lowest BCUT2D eigenvalue weighted by Gasteiger charge is -2.19. The zero-order chi connectivity index (χ0) is 17.5. The minimum atomic E-state index is -0.224. The van der Waals surface area contributed by atoms with E-state index in [0.29, 0.717) is 25.2 Å². The number of carbonyl (C=O) groups is 2. The van der Waals surface area contributed by atoms with Crippen LogP contribution in [0.1, 0.15) is 13.3 Å². The Morgan fingerprint density at radius 2 is 2.04 bits per heavy atom. The Morgan fingerprint density at radius 1 is 1.33 bits per heavy atom. The third-order valence-electron chi connectivity index (χ3n) is 4.12. The summed E-state index contributed by atoms with van der Waals surface area (Å²) >= 11 is 0. The Hall–Kier alpha value is -2.50. The van der Waals surface area contributed by atoms with Gasteiger partial charge in [0.2, 0.25) is 0 Å². The van der Waals surface area contributed by atoms with Crippen LogP contribution in [0, 0.1) is 0 Å². The highest BCUT2D eigenvalue weighted by molar-refractivity contribution is 6.07. The summed E-state index contributed by atoms with van der Waals surface area (Å²) in [6.45, 7) is 4.14. The summed E-state index contributed by atoms with van der Waals surface area (Å²) in [4.78, 5) is 28.0. The molecule has 0 bridgehead atoms. The molecular formula is C18H25N3O3. The number of para-hydroxylation sites is 1. The minimum absolute atomic E-state index is 0.163. The van der Waals surface area contributed by atoms with Crippen molar-refractivity contribution in [1.82, 2.24) is 10.2 Å². The molecule has 1 N–H and O–H groups in total. The van der Waals surface area contributed by atoms with E-state index in [9.17, 15) is 9.59 Å². The predicted molar refractivity (Wildman–Crippen MR) is 93.6 cm³/mol. The van der Waals surface area contributed by atoms with Crippen molar-refractivity contribution in [2.75, 3.05) is 45.2 Å². The van der Waals surface area contributed by atoms with Crippen LogP contribution in [0.5, 0.6) is 0 Å². The summed E-state index contributed by atoms with van der Waals surface area (Å²) in [7, 11) is 3.45. The van der Waals surface area contributed by atoms with E-state index in [2.05, 4.69) is 22.3 Å². The number of nitrogens with one attached hydrogen (secondary N) is 1. The Labute approximate surface area is 143 Å². The van der Waals surface area contributed by atoms with Gasteiger partial charge in [0.1, 0.15) is 0 Å². The van der Waals surface area contributed by atoms with E-state index in [0.717, 1.165) is 18.7 Å². The minimum Gasteiger partial charge on any atom is -0.491 e. The summed E-state index contributed by atoms with van der Waals surface area (Å²) in [5, 5.41) is 2.88. The highest BCUT2D eigenvalue weighted by Crippen LogP contribution is 2.19. The SMILES string of the molecule is CCN1CC(C(=O)NCCCN(C)c2ccccc2)=C(OC)C1=O. The van der Waals surface area contributed by atoms with Crippen molar-refractivity contribution in [1.29, 1.82) is 0 Å². The number of rotatable bonds is 8. The van der Waals surface area contributed by atoms with E-state index in [1.807, 2.05) is 32.2 Å². The lowest BCUT2D eigenvalue weighted by Crippen LogP contribution is -2.31. The van der Waals surface area contributed by atoms with E-state index < -0.39 is 0 Å². The van der Waals surface area contributed by atoms with Crippen molar-refractivity contribution in [2.24, 2.45) is 0 Å². The topological polar surface area (TPSA) is 61.9 Å². The van der Waals surface area contributed by atoms with Gasteiger partial charge in [-0.2, -0.15) is 0 Å². The molecule has 2 amide bonds. The summed E-state index contributed by atoms with van der Waals surface area (Å²) < 4.78 is 5.11. The molecule has 0 aromatic heterocycles. The van der Waals surface area contributed by atoms with Gasteiger partial charge in [-0.05, 0) is 25.5 Å². The van der Waals surface area contributed by atoms with Gasteiger partial charge in [-0.25, -0.2) is 0 Å². The number of carbonyl (C=O) groups excluding carboxylic acids is 2. The average molecular weight is 331 g/mol. The second kappa shape index (κ2) is 8.38. The molecule has 0 spiro atoms. The smallest absolute Gasteiger partial charge is 0.289 e.